The molecule has 0 fully saturated rings. The van der Waals surface area contributed by atoms with Crippen molar-refractivity contribution in [3.8, 4) is 67.0 Å². The van der Waals surface area contributed by atoms with Gasteiger partial charge >= 0.3 is 0 Å². The van der Waals surface area contributed by atoms with Crippen molar-refractivity contribution in [1.82, 2.24) is 9.97 Å². The quantitative estimate of drug-likeness (QED) is 0.188. The van der Waals surface area contributed by atoms with Crippen molar-refractivity contribution in [2.75, 3.05) is 0 Å². The fourth-order valence-electron chi connectivity index (χ4n) is 8.67. The van der Waals surface area contributed by atoms with Crippen LogP contribution in [-0.4, -0.2) is 9.97 Å². The Hall–Kier alpha value is -6.90. The standard InChI is InChI=1S/C50H30N2/c1-3-14-31(15-4-1)45-38-21-10-11-22-39(38)46(32-16-5-2-6-17-32)49-42-27-26-36(37-24-13-25-41(47(37)42)48(45)49)43-30-52-50(40-23-12-9-20-35(40)43)44-28-33-18-7-8-19-34(33)29-51-44/h1-30H. The van der Waals surface area contributed by atoms with Crippen LogP contribution in [0, 0.1) is 0 Å². The molecule has 8 aromatic carbocycles. The van der Waals surface area contributed by atoms with Crippen LogP contribution >= 0.6 is 0 Å². The number of aromatic nitrogens is 2. The van der Waals surface area contributed by atoms with Crippen LogP contribution in [0.4, 0.5) is 0 Å². The highest BCUT2D eigenvalue weighted by atomic mass is 14.8. The average Bonchev–Trinajstić information content (AvgIpc) is 3.55. The highest BCUT2D eigenvalue weighted by molar-refractivity contribution is 6.29. The first-order valence-electron chi connectivity index (χ1n) is 17.8. The summed E-state index contributed by atoms with van der Waals surface area (Å²) in [7, 11) is 0. The predicted octanol–water partition coefficient (Wildman–Crippen LogP) is 13.4. The molecule has 0 atom stereocenters. The molecule has 0 unspecified atom stereocenters. The second-order valence-corrected chi connectivity index (χ2v) is 13.6. The first-order chi connectivity index (χ1) is 25.8. The fraction of sp³-hybridized carbons (Fsp3) is 0. The number of hydrogen-bond donors (Lipinski definition) is 0. The summed E-state index contributed by atoms with van der Waals surface area (Å²) in [5, 5.41) is 9.61. The Kier molecular flexibility index (Phi) is 6.28. The van der Waals surface area contributed by atoms with E-state index in [-0.39, 0.29) is 0 Å². The Bertz CT molecular complexity index is 2960. The molecule has 2 nitrogen and oxygen atoms in total. The first-order valence-corrected chi connectivity index (χ1v) is 17.8. The molecule has 0 bridgehead atoms. The highest BCUT2D eigenvalue weighted by Crippen LogP contribution is 2.58. The van der Waals surface area contributed by atoms with Gasteiger partial charge in [0.05, 0.1) is 11.4 Å². The molecule has 10 aromatic rings. The molecule has 240 valence electrons. The van der Waals surface area contributed by atoms with E-state index in [4.69, 9.17) is 9.97 Å². The Balaban J connectivity index is 1.20. The van der Waals surface area contributed by atoms with Crippen molar-refractivity contribution in [3.05, 3.63) is 182 Å². The topological polar surface area (TPSA) is 25.8 Å². The predicted molar refractivity (Wildman–Crippen MR) is 218 cm³/mol. The van der Waals surface area contributed by atoms with Gasteiger partial charge < -0.3 is 0 Å². The Morgan fingerprint density at radius 1 is 0.308 bits per heavy atom. The third-order valence-corrected chi connectivity index (χ3v) is 10.9. The number of pyridine rings is 2. The summed E-state index contributed by atoms with van der Waals surface area (Å²) >= 11 is 0. The van der Waals surface area contributed by atoms with Crippen molar-refractivity contribution >= 4 is 43.1 Å². The molecule has 0 N–H and O–H groups in total. The van der Waals surface area contributed by atoms with Crippen molar-refractivity contribution < 1.29 is 0 Å². The van der Waals surface area contributed by atoms with Crippen LogP contribution in [0.5, 0.6) is 0 Å². The van der Waals surface area contributed by atoms with E-state index < -0.39 is 0 Å². The lowest BCUT2D eigenvalue weighted by Gasteiger charge is -2.20. The molecule has 0 radical (unpaired) electrons. The molecule has 1 aliphatic rings. The third kappa shape index (κ3) is 4.19. The summed E-state index contributed by atoms with van der Waals surface area (Å²) in [5.74, 6) is 0. The van der Waals surface area contributed by atoms with Gasteiger partial charge in [0.15, 0.2) is 0 Å². The molecule has 0 amide bonds. The summed E-state index contributed by atoms with van der Waals surface area (Å²) in [6.45, 7) is 0. The second-order valence-electron chi connectivity index (χ2n) is 13.6. The molecule has 11 rings (SSSR count). The first kappa shape index (κ1) is 28.9. The minimum Gasteiger partial charge on any atom is -0.254 e. The van der Waals surface area contributed by atoms with E-state index in [1.165, 1.54) is 77.0 Å². The lowest BCUT2D eigenvalue weighted by Crippen LogP contribution is -1.93. The molecular formula is C50H30N2. The number of hydrogen-bond acceptors (Lipinski definition) is 2. The number of fused-ring (bicyclic) bond motifs is 6. The van der Waals surface area contributed by atoms with E-state index >= 15 is 0 Å². The van der Waals surface area contributed by atoms with E-state index in [2.05, 4.69) is 176 Å². The van der Waals surface area contributed by atoms with E-state index in [0.29, 0.717) is 0 Å². The Morgan fingerprint density at radius 3 is 1.54 bits per heavy atom. The molecule has 1 aliphatic carbocycles. The van der Waals surface area contributed by atoms with Gasteiger partial charge in [-0.15, -0.1) is 0 Å². The fourth-order valence-corrected chi connectivity index (χ4v) is 8.67. The van der Waals surface area contributed by atoms with E-state index in [1.807, 2.05) is 6.20 Å². The van der Waals surface area contributed by atoms with Gasteiger partial charge in [-0.25, -0.2) is 0 Å². The molecule has 2 heteroatoms. The van der Waals surface area contributed by atoms with Gasteiger partial charge in [-0.3, -0.25) is 9.97 Å². The minimum absolute atomic E-state index is 0.881. The van der Waals surface area contributed by atoms with Gasteiger partial charge in [-0.1, -0.05) is 164 Å². The van der Waals surface area contributed by atoms with Crippen LogP contribution in [0.1, 0.15) is 0 Å². The van der Waals surface area contributed by atoms with Crippen molar-refractivity contribution in [2.24, 2.45) is 0 Å². The van der Waals surface area contributed by atoms with Crippen molar-refractivity contribution in [1.29, 1.82) is 0 Å². The van der Waals surface area contributed by atoms with E-state index in [1.54, 1.807) is 0 Å². The smallest absolute Gasteiger partial charge is 0.0965 e. The van der Waals surface area contributed by atoms with Crippen LogP contribution in [-0.2, 0) is 0 Å². The van der Waals surface area contributed by atoms with Crippen LogP contribution in [0.15, 0.2) is 182 Å². The summed E-state index contributed by atoms with van der Waals surface area (Å²) in [6, 6.07) is 61.4. The molecule has 2 aromatic heterocycles. The van der Waals surface area contributed by atoms with Gasteiger partial charge in [-0.2, -0.15) is 0 Å². The van der Waals surface area contributed by atoms with Gasteiger partial charge in [0.25, 0.3) is 0 Å². The number of benzene rings is 8. The molecule has 2 heterocycles. The van der Waals surface area contributed by atoms with Gasteiger partial charge in [-0.05, 0) is 88.5 Å². The zero-order chi connectivity index (χ0) is 34.2. The van der Waals surface area contributed by atoms with Gasteiger partial charge in [0.1, 0.15) is 0 Å². The monoisotopic (exact) mass is 658 g/mol. The maximum atomic E-state index is 5.15. The van der Waals surface area contributed by atoms with Crippen LogP contribution in [0.3, 0.4) is 0 Å². The van der Waals surface area contributed by atoms with Crippen LogP contribution in [0.2, 0.25) is 0 Å². The molecule has 0 saturated heterocycles. The summed E-state index contributed by atoms with van der Waals surface area (Å²) in [4.78, 5) is 10.0. The summed E-state index contributed by atoms with van der Waals surface area (Å²) < 4.78 is 0. The SMILES string of the molecule is c1ccc(-c2c3c(c(-c4ccccc4)c4ccccc24)-c2ccc(-c4cnc(-c5cc6ccccc6cn5)c5ccccc45)c4cccc-3c24)cc1. The summed E-state index contributed by atoms with van der Waals surface area (Å²) in [6.07, 6.45) is 4.01. The second kappa shape index (κ2) is 11.3. The van der Waals surface area contributed by atoms with Crippen molar-refractivity contribution in [3.63, 3.8) is 0 Å². The molecule has 0 saturated carbocycles. The minimum atomic E-state index is 0.881. The number of rotatable bonds is 4. The van der Waals surface area contributed by atoms with E-state index in [0.717, 1.165) is 33.1 Å². The lowest BCUT2D eigenvalue weighted by atomic mass is 9.82. The van der Waals surface area contributed by atoms with Crippen LogP contribution in [0.25, 0.3) is 110 Å². The molecule has 0 aliphatic heterocycles. The zero-order valence-electron chi connectivity index (χ0n) is 28.2. The van der Waals surface area contributed by atoms with Crippen LogP contribution < -0.4 is 0 Å². The molecular weight excluding hydrogens is 629 g/mol. The largest absolute Gasteiger partial charge is 0.254 e. The van der Waals surface area contributed by atoms with E-state index in [9.17, 15) is 0 Å². The Morgan fingerprint density at radius 2 is 0.846 bits per heavy atom. The Labute approximate surface area is 301 Å². The van der Waals surface area contributed by atoms with Crippen molar-refractivity contribution in [2.45, 2.75) is 0 Å². The average molecular weight is 659 g/mol. The normalized spacial score (nSPS) is 11.8. The van der Waals surface area contributed by atoms with Gasteiger partial charge in [0, 0.05) is 28.7 Å². The zero-order valence-corrected chi connectivity index (χ0v) is 28.2. The maximum absolute atomic E-state index is 5.15. The lowest BCUT2D eigenvalue weighted by molar-refractivity contribution is 1.28. The van der Waals surface area contributed by atoms with Gasteiger partial charge in [0.2, 0.25) is 0 Å². The maximum Gasteiger partial charge on any atom is 0.0965 e. The summed E-state index contributed by atoms with van der Waals surface area (Å²) in [5.41, 5.74) is 14.3. The molecule has 52 heavy (non-hydrogen) atoms. The highest BCUT2D eigenvalue weighted by Gasteiger charge is 2.31. The third-order valence-electron chi connectivity index (χ3n) is 10.9. The number of nitrogens with zero attached hydrogens (tertiary/aromatic N) is 2. The molecule has 0 spiro atoms.